The van der Waals surface area contributed by atoms with E-state index < -0.39 is 23.4 Å². The van der Waals surface area contributed by atoms with E-state index in [-0.39, 0.29) is 18.8 Å². The van der Waals surface area contributed by atoms with Crippen LogP contribution in [0.3, 0.4) is 0 Å². The van der Waals surface area contributed by atoms with Crippen molar-refractivity contribution in [2.45, 2.75) is 24.9 Å². The van der Waals surface area contributed by atoms with Gasteiger partial charge < -0.3 is 24.4 Å². The molecule has 0 bridgehead atoms. The van der Waals surface area contributed by atoms with Gasteiger partial charge in [-0.15, -0.1) is 0 Å². The molecule has 3 atom stereocenters. The second kappa shape index (κ2) is 5.38. The summed E-state index contributed by atoms with van der Waals surface area (Å²) in [5.74, 6) is -1.03. The Hall–Kier alpha value is -2.74. The molecule has 0 spiro atoms. The Bertz CT molecular complexity index is 897. The molecule has 1 aromatic carbocycles. The predicted molar refractivity (Wildman–Crippen MR) is 85.7 cm³/mol. The van der Waals surface area contributed by atoms with Crippen molar-refractivity contribution < 1.29 is 24.1 Å². The minimum Gasteiger partial charge on any atom is -0.469 e. The molecule has 0 amide bonds. The number of esters is 1. The molecule has 0 saturated heterocycles. The van der Waals surface area contributed by atoms with Crippen LogP contribution in [0.2, 0.25) is 0 Å². The van der Waals surface area contributed by atoms with E-state index in [0.29, 0.717) is 28.3 Å². The molecule has 1 aliphatic heterocycles. The van der Waals surface area contributed by atoms with Crippen molar-refractivity contribution in [3.63, 3.8) is 0 Å². The van der Waals surface area contributed by atoms with Crippen molar-refractivity contribution in [1.82, 2.24) is 10.2 Å². The van der Waals surface area contributed by atoms with Crippen LogP contribution in [0.15, 0.2) is 23.0 Å². The van der Waals surface area contributed by atoms with Gasteiger partial charge in [0.05, 0.1) is 18.6 Å². The number of aromatic nitrogens is 2. The third-order valence-electron chi connectivity index (χ3n) is 4.96. The summed E-state index contributed by atoms with van der Waals surface area (Å²) in [6.07, 6.45) is 0.141. The molecule has 1 aliphatic carbocycles. The van der Waals surface area contributed by atoms with E-state index in [0.717, 1.165) is 0 Å². The average molecular weight is 346 g/mol. The summed E-state index contributed by atoms with van der Waals surface area (Å²) in [7, 11) is 1.27. The van der Waals surface area contributed by atoms with Crippen molar-refractivity contribution in [3.8, 4) is 11.5 Å². The number of aromatic amines is 2. The van der Waals surface area contributed by atoms with E-state index in [4.69, 9.17) is 14.2 Å². The summed E-state index contributed by atoms with van der Waals surface area (Å²) in [4.78, 5) is 24.9. The Kier molecular flexibility index (Phi) is 3.40. The summed E-state index contributed by atoms with van der Waals surface area (Å²) in [6.45, 7) is 1.69. The van der Waals surface area contributed by atoms with Crippen LogP contribution in [0.1, 0.15) is 29.7 Å². The number of fused-ring (bicyclic) bond motifs is 2. The summed E-state index contributed by atoms with van der Waals surface area (Å²) < 4.78 is 15.7. The summed E-state index contributed by atoms with van der Waals surface area (Å²) in [5, 5.41) is 16.3. The Balaban J connectivity index is 1.93. The Labute approximate surface area is 142 Å². The number of carbonyl (C=O) groups is 1. The number of hydrogen-bond acceptors (Lipinski definition) is 6. The van der Waals surface area contributed by atoms with E-state index in [1.165, 1.54) is 7.11 Å². The van der Waals surface area contributed by atoms with Gasteiger partial charge in [-0.1, -0.05) is 6.07 Å². The van der Waals surface area contributed by atoms with Crippen molar-refractivity contribution in [1.29, 1.82) is 0 Å². The molecule has 1 aromatic heterocycles. The lowest BCUT2D eigenvalue weighted by molar-refractivity contribution is -0.156. The SMILES string of the molecule is COC(=O)[C@H]1[C@@H](c2ccc3c(c2)OCO3)c2c([nH][nH]c2=O)C[C@]1(C)O. The van der Waals surface area contributed by atoms with E-state index in [2.05, 4.69) is 10.2 Å². The molecular formula is C17H18N2O6. The molecule has 25 heavy (non-hydrogen) atoms. The molecule has 0 saturated carbocycles. The van der Waals surface area contributed by atoms with Gasteiger partial charge in [0.25, 0.3) is 5.56 Å². The molecule has 4 rings (SSSR count). The number of rotatable bonds is 2. The fraction of sp³-hybridized carbons (Fsp3) is 0.412. The summed E-state index contributed by atoms with van der Waals surface area (Å²) >= 11 is 0. The van der Waals surface area contributed by atoms with Crippen molar-refractivity contribution in [3.05, 3.63) is 45.4 Å². The highest BCUT2D eigenvalue weighted by molar-refractivity contribution is 5.77. The van der Waals surface area contributed by atoms with E-state index >= 15 is 0 Å². The fourth-order valence-electron chi connectivity index (χ4n) is 3.85. The van der Waals surface area contributed by atoms with Gasteiger partial charge in [0, 0.05) is 23.6 Å². The lowest BCUT2D eigenvalue weighted by Gasteiger charge is -2.40. The number of benzene rings is 1. The lowest BCUT2D eigenvalue weighted by Crippen LogP contribution is -2.49. The van der Waals surface area contributed by atoms with Gasteiger partial charge in [0.1, 0.15) is 0 Å². The minimum absolute atomic E-state index is 0.123. The Morgan fingerprint density at radius 1 is 1.32 bits per heavy atom. The van der Waals surface area contributed by atoms with Gasteiger partial charge in [0.15, 0.2) is 11.5 Å². The number of nitrogens with one attached hydrogen (secondary N) is 2. The van der Waals surface area contributed by atoms with Crippen LogP contribution in [0.4, 0.5) is 0 Å². The average Bonchev–Trinajstić information content (AvgIpc) is 3.18. The first-order chi connectivity index (χ1) is 11.9. The standard InChI is InChI=1S/C17H18N2O6/c1-17(22)6-9-13(15(20)19-18-9)12(14(17)16(21)23-2)8-3-4-10-11(5-8)25-7-24-10/h3-5,12,14,22H,6-7H2,1-2H3,(H2,18,19,20)/t12-,14+,17-/m0/s1. The van der Waals surface area contributed by atoms with E-state index in [1.54, 1.807) is 25.1 Å². The van der Waals surface area contributed by atoms with Gasteiger partial charge in [-0.25, -0.2) is 0 Å². The van der Waals surface area contributed by atoms with Gasteiger partial charge in [0.2, 0.25) is 6.79 Å². The molecule has 2 aromatic rings. The third kappa shape index (κ3) is 2.32. The van der Waals surface area contributed by atoms with Crippen molar-refractivity contribution in [2.75, 3.05) is 13.9 Å². The zero-order valence-electron chi connectivity index (χ0n) is 13.8. The maximum Gasteiger partial charge on any atom is 0.312 e. The first kappa shape index (κ1) is 15.8. The second-order valence-corrected chi connectivity index (χ2v) is 6.60. The number of aliphatic hydroxyl groups is 1. The maximum absolute atomic E-state index is 12.5. The van der Waals surface area contributed by atoms with Gasteiger partial charge in [-0.2, -0.15) is 0 Å². The molecule has 3 N–H and O–H groups in total. The largest absolute Gasteiger partial charge is 0.469 e. The normalized spacial score (nSPS) is 27.0. The van der Waals surface area contributed by atoms with E-state index in [9.17, 15) is 14.7 Å². The van der Waals surface area contributed by atoms with Crippen LogP contribution >= 0.6 is 0 Å². The summed E-state index contributed by atoms with van der Waals surface area (Å²) in [6, 6.07) is 5.24. The minimum atomic E-state index is -1.38. The van der Waals surface area contributed by atoms with E-state index in [1.807, 2.05) is 0 Å². The third-order valence-corrected chi connectivity index (χ3v) is 4.96. The van der Waals surface area contributed by atoms with Crippen LogP contribution in [-0.2, 0) is 16.0 Å². The van der Waals surface area contributed by atoms with Gasteiger partial charge >= 0.3 is 5.97 Å². The highest BCUT2D eigenvalue weighted by atomic mass is 16.7. The highest BCUT2D eigenvalue weighted by Crippen LogP contribution is 2.46. The van der Waals surface area contributed by atoms with Gasteiger partial charge in [-0.05, 0) is 24.6 Å². The molecule has 8 heteroatoms. The molecular weight excluding hydrogens is 328 g/mol. The van der Waals surface area contributed by atoms with Crippen molar-refractivity contribution in [2.24, 2.45) is 5.92 Å². The smallest absolute Gasteiger partial charge is 0.312 e. The molecule has 0 fully saturated rings. The van der Waals surface area contributed by atoms with Crippen LogP contribution < -0.4 is 15.0 Å². The number of ether oxygens (including phenoxy) is 3. The number of carbonyl (C=O) groups excluding carboxylic acids is 1. The highest BCUT2D eigenvalue weighted by Gasteiger charge is 2.51. The quantitative estimate of drug-likeness (QED) is 0.689. The van der Waals surface area contributed by atoms with Crippen LogP contribution in [0.5, 0.6) is 11.5 Å². The number of methoxy groups -OCH3 is 1. The first-order valence-electron chi connectivity index (χ1n) is 7.91. The predicted octanol–water partition coefficient (Wildman–Crippen LogP) is 0.660. The Morgan fingerprint density at radius 3 is 2.84 bits per heavy atom. The molecule has 132 valence electrons. The van der Waals surface area contributed by atoms with Gasteiger partial charge in [-0.3, -0.25) is 14.7 Å². The number of hydrogen-bond donors (Lipinski definition) is 3. The zero-order valence-corrected chi connectivity index (χ0v) is 13.8. The summed E-state index contributed by atoms with van der Waals surface area (Å²) in [5.41, 5.74) is -0.0154. The second-order valence-electron chi connectivity index (χ2n) is 6.60. The monoisotopic (exact) mass is 346 g/mol. The van der Waals surface area contributed by atoms with Crippen LogP contribution in [-0.4, -0.2) is 40.8 Å². The molecule has 2 heterocycles. The molecule has 0 unspecified atom stereocenters. The van der Waals surface area contributed by atoms with Crippen molar-refractivity contribution >= 4 is 5.97 Å². The first-order valence-corrected chi connectivity index (χ1v) is 7.91. The maximum atomic E-state index is 12.5. The van der Waals surface area contributed by atoms with Crippen LogP contribution in [0.25, 0.3) is 0 Å². The van der Waals surface area contributed by atoms with Crippen LogP contribution in [0, 0.1) is 5.92 Å². The topological polar surface area (TPSA) is 114 Å². The Morgan fingerprint density at radius 2 is 2.08 bits per heavy atom. The molecule has 0 radical (unpaired) electrons. The number of H-pyrrole nitrogens is 2. The molecule has 8 nitrogen and oxygen atoms in total. The lowest BCUT2D eigenvalue weighted by atomic mass is 9.66. The zero-order chi connectivity index (χ0) is 17.8. The fourth-order valence-corrected chi connectivity index (χ4v) is 3.85. The molecule has 2 aliphatic rings.